The number of hydrogen-bond donors (Lipinski definition) is 0. The molecule has 0 radical (unpaired) electrons. The van der Waals surface area contributed by atoms with E-state index in [1.54, 1.807) is 18.3 Å². The first-order valence-corrected chi connectivity index (χ1v) is 9.22. The highest BCUT2D eigenvalue weighted by Gasteiger charge is 2.24. The van der Waals surface area contributed by atoms with Crippen molar-refractivity contribution in [3.8, 4) is 18.0 Å². The van der Waals surface area contributed by atoms with Gasteiger partial charge in [0.2, 0.25) is 5.88 Å². The van der Waals surface area contributed by atoms with Crippen LogP contribution in [0.25, 0.3) is 0 Å². The van der Waals surface area contributed by atoms with Crippen LogP contribution in [0.15, 0.2) is 18.3 Å². The van der Waals surface area contributed by atoms with Crippen molar-refractivity contribution < 1.29 is 4.74 Å². The van der Waals surface area contributed by atoms with Gasteiger partial charge in [0, 0.05) is 25.4 Å². The fraction of sp³-hybridized carbons (Fsp3) is 0.400. The first-order valence-electron chi connectivity index (χ1n) is 8.84. The number of rotatable bonds is 4. The summed E-state index contributed by atoms with van der Waals surface area (Å²) in [5.74, 6) is 1.60. The van der Waals surface area contributed by atoms with E-state index in [1.807, 2.05) is 13.8 Å². The molecule has 27 heavy (non-hydrogen) atoms. The van der Waals surface area contributed by atoms with Gasteiger partial charge in [-0.15, -0.1) is 0 Å². The highest BCUT2D eigenvalue weighted by atomic mass is 35.5. The molecule has 0 saturated carbocycles. The molecule has 0 amide bonds. The standard InChI is InChI=1S/C20H20ClN5O/c1-13-17(11-23)20(25-14(2)19(13)21)26-7-4-15(5-8-26)12-27-18-9-16(10-22)3-6-24-18/h3,6,9,15H,4-5,7-8,12H2,1-2H3. The predicted octanol–water partition coefficient (Wildman–Crippen LogP) is 3.79. The Morgan fingerprint density at radius 1 is 1.26 bits per heavy atom. The molecule has 0 aromatic carbocycles. The third-order valence-corrected chi connectivity index (χ3v) is 5.43. The Hall–Kier alpha value is -2.83. The number of ether oxygens (including phenoxy) is 1. The zero-order chi connectivity index (χ0) is 19.4. The maximum atomic E-state index is 9.53. The lowest BCUT2D eigenvalue weighted by Gasteiger charge is -2.33. The SMILES string of the molecule is Cc1nc(N2CCC(COc3cc(C#N)ccn3)CC2)c(C#N)c(C)c1Cl. The summed E-state index contributed by atoms with van der Waals surface area (Å²) in [4.78, 5) is 10.9. The lowest BCUT2D eigenvalue weighted by Crippen LogP contribution is -2.36. The van der Waals surface area contributed by atoms with E-state index >= 15 is 0 Å². The van der Waals surface area contributed by atoms with Gasteiger partial charge >= 0.3 is 0 Å². The second kappa shape index (κ2) is 8.24. The number of aryl methyl sites for hydroxylation is 1. The van der Waals surface area contributed by atoms with E-state index in [-0.39, 0.29) is 0 Å². The number of nitriles is 2. The third-order valence-electron chi connectivity index (χ3n) is 4.88. The molecule has 0 bridgehead atoms. The van der Waals surface area contributed by atoms with Gasteiger partial charge < -0.3 is 9.64 Å². The zero-order valence-electron chi connectivity index (χ0n) is 15.4. The summed E-state index contributed by atoms with van der Waals surface area (Å²) >= 11 is 6.24. The van der Waals surface area contributed by atoms with Crippen molar-refractivity contribution in [1.29, 1.82) is 10.5 Å². The Labute approximate surface area is 164 Å². The van der Waals surface area contributed by atoms with Gasteiger partial charge in [0.25, 0.3) is 0 Å². The van der Waals surface area contributed by atoms with Crippen molar-refractivity contribution in [1.82, 2.24) is 9.97 Å². The molecule has 7 heteroatoms. The summed E-state index contributed by atoms with van der Waals surface area (Å²) in [6, 6.07) is 7.64. The van der Waals surface area contributed by atoms with Gasteiger partial charge in [-0.05, 0) is 44.2 Å². The van der Waals surface area contributed by atoms with Crippen LogP contribution in [0.3, 0.4) is 0 Å². The fourth-order valence-electron chi connectivity index (χ4n) is 3.25. The van der Waals surface area contributed by atoms with Gasteiger partial charge in [0.05, 0.1) is 34.5 Å². The molecule has 0 atom stereocenters. The topological polar surface area (TPSA) is 85.8 Å². The minimum atomic E-state index is 0.397. The van der Waals surface area contributed by atoms with Crippen LogP contribution in [-0.4, -0.2) is 29.7 Å². The second-order valence-corrected chi connectivity index (χ2v) is 7.06. The van der Waals surface area contributed by atoms with Crippen LogP contribution >= 0.6 is 11.6 Å². The number of pyridine rings is 2. The van der Waals surface area contributed by atoms with E-state index in [2.05, 4.69) is 27.0 Å². The number of hydrogen-bond acceptors (Lipinski definition) is 6. The van der Waals surface area contributed by atoms with Crippen LogP contribution in [0.5, 0.6) is 5.88 Å². The summed E-state index contributed by atoms with van der Waals surface area (Å²) < 4.78 is 5.76. The Balaban J connectivity index is 1.63. The van der Waals surface area contributed by atoms with Crippen LogP contribution in [0.4, 0.5) is 5.82 Å². The molecule has 3 heterocycles. The van der Waals surface area contributed by atoms with Crippen molar-refractivity contribution in [2.75, 3.05) is 24.6 Å². The molecular formula is C20H20ClN5O. The quantitative estimate of drug-likeness (QED) is 0.800. The summed E-state index contributed by atoms with van der Waals surface area (Å²) in [6.45, 7) is 5.90. The maximum Gasteiger partial charge on any atom is 0.214 e. The predicted molar refractivity (Wildman–Crippen MR) is 103 cm³/mol. The van der Waals surface area contributed by atoms with E-state index in [0.717, 1.165) is 43.0 Å². The molecule has 2 aromatic rings. The van der Waals surface area contributed by atoms with E-state index < -0.39 is 0 Å². The van der Waals surface area contributed by atoms with Crippen LogP contribution in [0.2, 0.25) is 5.02 Å². The lowest BCUT2D eigenvalue weighted by molar-refractivity contribution is 0.216. The number of piperidine rings is 1. The van der Waals surface area contributed by atoms with Crippen LogP contribution in [-0.2, 0) is 0 Å². The molecule has 0 aliphatic carbocycles. The zero-order valence-corrected chi connectivity index (χ0v) is 16.1. The second-order valence-electron chi connectivity index (χ2n) is 6.68. The molecule has 1 aliphatic rings. The van der Waals surface area contributed by atoms with Gasteiger partial charge in [-0.1, -0.05) is 11.6 Å². The fourth-order valence-corrected chi connectivity index (χ4v) is 3.38. The molecule has 6 nitrogen and oxygen atoms in total. The summed E-state index contributed by atoms with van der Waals surface area (Å²) in [5.41, 5.74) is 2.63. The molecule has 1 aliphatic heterocycles. The number of anilines is 1. The molecule has 0 spiro atoms. The normalized spacial score (nSPS) is 14.5. The largest absolute Gasteiger partial charge is 0.477 e. The highest BCUT2D eigenvalue weighted by molar-refractivity contribution is 6.32. The Morgan fingerprint density at radius 3 is 2.67 bits per heavy atom. The minimum Gasteiger partial charge on any atom is -0.477 e. The molecule has 1 saturated heterocycles. The molecule has 0 unspecified atom stereocenters. The van der Waals surface area contributed by atoms with E-state index in [0.29, 0.717) is 34.6 Å². The molecule has 3 rings (SSSR count). The van der Waals surface area contributed by atoms with Crippen LogP contribution in [0, 0.1) is 42.4 Å². The number of nitrogens with zero attached hydrogens (tertiary/aromatic N) is 5. The molecular weight excluding hydrogens is 362 g/mol. The minimum absolute atomic E-state index is 0.397. The van der Waals surface area contributed by atoms with E-state index in [9.17, 15) is 5.26 Å². The van der Waals surface area contributed by atoms with Gasteiger partial charge in [-0.25, -0.2) is 9.97 Å². The van der Waals surface area contributed by atoms with Crippen LogP contribution < -0.4 is 9.64 Å². The monoisotopic (exact) mass is 381 g/mol. The first-order chi connectivity index (χ1) is 13.0. The Morgan fingerprint density at radius 2 is 2.00 bits per heavy atom. The molecule has 2 aromatic heterocycles. The third kappa shape index (κ3) is 4.13. The van der Waals surface area contributed by atoms with Crippen molar-refractivity contribution in [2.24, 2.45) is 5.92 Å². The van der Waals surface area contributed by atoms with Crippen LogP contribution in [0.1, 0.15) is 35.2 Å². The number of aromatic nitrogens is 2. The number of halogens is 1. The van der Waals surface area contributed by atoms with E-state index in [1.165, 1.54) is 0 Å². The summed E-state index contributed by atoms with van der Waals surface area (Å²) in [6.07, 6.45) is 3.45. The summed E-state index contributed by atoms with van der Waals surface area (Å²) in [7, 11) is 0. The average molecular weight is 382 g/mol. The lowest BCUT2D eigenvalue weighted by atomic mass is 9.97. The maximum absolute atomic E-state index is 9.53. The summed E-state index contributed by atoms with van der Waals surface area (Å²) in [5, 5.41) is 19.0. The highest BCUT2D eigenvalue weighted by Crippen LogP contribution is 2.31. The molecule has 138 valence electrons. The van der Waals surface area contributed by atoms with Crippen molar-refractivity contribution in [3.63, 3.8) is 0 Å². The van der Waals surface area contributed by atoms with Crippen molar-refractivity contribution in [2.45, 2.75) is 26.7 Å². The van der Waals surface area contributed by atoms with E-state index in [4.69, 9.17) is 21.6 Å². The molecule has 1 fully saturated rings. The van der Waals surface area contributed by atoms with Crippen molar-refractivity contribution in [3.05, 3.63) is 45.7 Å². The Bertz CT molecular complexity index is 923. The average Bonchev–Trinajstić information content (AvgIpc) is 2.71. The van der Waals surface area contributed by atoms with Gasteiger partial charge in [-0.2, -0.15) is 10.5 Å². The van der Waals surface area contributed by atoms with Crippen molar-refractivity contribution >= 4 is 17.4 Å². The van der Waals surface area contributed by atoms with Gasteiger partial charge in [0.15, 0.2) is 0 Å². The molecule has 0 N–H and O–H groups in total. The smallest absolute Gasteiger partial charge is 0.214 e. The first kappa shape index (κ1) is 18.9. The Kier molecular flexibility index (Phi) is 5.78. The van der Waals surface area contributed by atoms with Gasteiger partial charge in [-0.3, -0.25) is 0 Å². The van der Waals surface area contributed by atoms with Gasteiger partial charge in [0.1, 0.15) is 11.9 Å².